The monoisotopic (exact) mass is 295 g/mol. The summed E-state index contributed by atoms with van der Waals surface area (Å²) in [7, 11) is 2.01. The molecule has 0 saturated heterocycles. The maximum absolute atomic E-state index is 5.74. The van der Waals surface area contributed by atoms with Crippen LogP contribution in [0.1, 0.15) is 6.42 Å². The maximum atomic E-state index is 5.74. The van der Waals surface area contributed by atoms with Crippen LogP contribution in [0.15, 0.2) is 54.6 Å². The van der Waals surface area contributed by atoms with Gasteiger partial charge in [0.05, 0.1) is 13.2 Å². The van der Waals surface area contributed by atoms with Gasteiger partial charge in [-0.15, -0.1) is 6.42 Å². The van der Waals surface area contributed by atoms with Crippen LogP contribution >= 0.6 is 0 Å². The van der Waals surface area contributed by atoms with Crippen LogP contribution in [0.25, 0.3) is 0 Å². The van der Waals surface area contributed by atoms with E-state index in [1.807, 2.05) is 61.6 Å². The Morgan fingerprint density at radius 3 is 2.27 bits per heavy atom. The van der Waals surface area contributed by atoms with Crippen LogP contribution in [-0.4, -0.2) is 31.6 Å². The Morgan fingerprint density at radius 1 is 0.955 bits per heavy atom. The molecule has 0 atom stereocenters. The molecule has 0 aliphatic carbocycles. The van der Waals surface area contributed by atoms with Gasteiger partial charge in [-0.2, -0.15) is 0 Å². The first-order valence-corrected chi connectivity index (χ1v) is 7.35. The molecule has 0 N–H and O–H groups in total. The molecule has 0 heterocycles. The Labute approximate surface area is 132 Å². The van der Waals surface area contributed by atoms with Crippen molar-refractivity contribution < 1.29 is 9.47 Å². The van der Waals surface area contributed by atoms with Crippen molar-refractivity contribution in [3.63, 3.8) is 0 Å². The lowest BCUT2D eigenvalue weighted by Gasteiger charge is -2.13. The van der Waals surface area contributed by atoms with Gasteiger partial charge >= 0.3 is 0 Å². The molecule has 2 aromatic carbocycles. The molecular weight excluding hydrogens is 274 g/mol. The lowest BCUT2D eigenvalue weighted by Crippen LogP contribution is -2.21. The highest BCUT2D eigenvalue weighted by atomic mass is 16.5. The molecule has 3 heteroatoms. The molecule has 2 rings (SSSR count). The second-order valence-corrected chi connectivity index (χ2v) is 5.03. The van der Waals surface area contributed by atoms with Crippen LogP contribution in [0.2, 0.25) is 0 Å². The molecule has 2 aromatic rings. The fraction of sp³-hybridized carbons (Fsp3) is 0.263. The number of terminal acetylenes is 1. The van der Waals surface area contributed by atoms with Crippen LogP contribution < -0.4 is 9.47 Å². The molecule has 0 spiro atoms. The zero-order valence-electron chi connectivity index (χ0n) is 12.9. The summed E-state index contributed by atoms with van der Waals surface area (Å²) in [5, 5.41) is 0. The van der Waals surface area contributed by atoms with Gasteiger partial charge in [0.2, 0.25) is 0 Å². The summed E-state index contributed by atoms with van der Waals surface area (Å²) in [4.78, 5) is 2.10. The third kappa shape index (κ3) is 5.51. The zero-order valence-corrected chi connectivity index (χ0v) is 12.9. The van der Waals surface area contributed by atoms with Crippen LogP contribution in [0.5, 0.6) is 17.2 Å². The van der Waals surface area contributed by atoms with Gasteiger partial charge in [0.15, 0.2) is 0 Å². The molecule has 114 valence electrons. The van der Waals surface area contributed by atoms with Crippen molar-refractivity contribution in [3.05, 3.63) is 54.6 Å². The average molecular weight is 295 g/mol. The predicted molar refractivity (Wildman–Crippen MR) is 89.4 cm³/mol. The highest BCUT2D eigenvalue weighted by Gasteiger charge is 1.99. The molecule has 0 unspecified atom stereocenters. The van der Waals surface area contributed by atoms with E-state index in [0.29, 0.717) is 13.2 Å². The molecule has 0 aliphatic rings. The van der Waals surface area contributed by atoms with Gasteiger partial charge in [-0.25, -0.2) is 0 Å². The van der Waals surface area contributed by atoms with Crippen molar-refractivity contribution in [2.75, 3.05) is 26.7 Å². The van der Waals surface area contributed by atoms with E-state index in [4.69, 9.17) is 15.9 Å². The Morgan fingerprint density at radius 2 is 1.59 bits per heavy atom. The van der Waals surface area contributed by atoms with Crippen molar-refractivity contribution in [1.29, 1.82) is 0 Å². The summed E-state index contributed by atoms with van der Waals surface area (Å²) in [6.07, 6.45) is 6.20. The fourth-order valence-corrected chi connectivity index (χ4v) is 1.99. The highest BCUT2D eigenvalue weighted by molar-refractivity contribution is 5.35. The van der Waals surface area contributed by atoms with E-state index in [1.54, 1.807) is 0 Å². The molecule has 3 nitrogen and oxygen atoms in total. The quantitative estimate of drug-likeness (QED) is 0.546. The first-order valence-electron chi connectivity index (χ1n) is 7.35. The molecule has 22 heavy (non-hydrogen) atoms. The lowest BCUT2D eigenvalue weighted by molar-refractivity contribution is 0.274. The third-order valence-electron chi connectivity index (χ3n) is 3.12. The van der Waals surface area contributed by atoms with Crippen molar-refractivity contribution in [3.8, 4) is 29.6 Å². The molecule has 0 amide bonds. The first kappa shape index (κ1) is 15.9. The first-order chi connectivity index (χ1) is 10.8. The molecular formula is C19H21NO2. The normalized spacial score (nSPS) is 10.2. The standard InChI is InChI=1S/C19H21NO2/c1-3-14-20(2)15-7-16-21-17-10-12-19(13-11-17)22-18-8-5-4-6-9-18/h1,4-6,8-13H,7,14-16H2,2H3. The minimum atomic E-state index is 0.672. The number of nitrogens with zero attached hydrogens (tertiary/aromatic N) is 1. The highest BCUT2D eigenvalue weighted by Crippen LogP contribution is 2.23. The number of para-hydroxylation sites is 1. The van der Waals surface area contributed by atoms with Gasteiger partial charge in [0.1, 0.15) is 17.2 Å². The minimum absolute atomic E-state index is 0.672. The largest absolute Gasteiger partial charge is 0.494 e. The molecule has 0 saturated carbocycles. The SMILES string of the molecule is C#CCN(C)CCCOc1ccc(Oc2ccccc2)cc1. The van der Waals surface area contributed by atoms with Crippen LogP contribution in [-0.2, 0) is 0 Å². The molecule has 0 aliphatic heterocycles. The summed E-state index contributed by atoms with van der Waals surface area (Å²) in [5.74, 6) is 5.10. The summed E-state index contributed by atoms with van der Waals surface area (Å²) in [5.41, 5.74) is 0. The summed E-state index contributed by atoms with van der Waals surface area (Å²) < 4.78 is 11.4. The molecule has 0 fully saturated rings. The van der Waals surface area contributed by atoms with E-state index in [0.717, 1.165) is 30.2 Å². The van der Waals surface area contributed by atoms with Gasteiger partial charge in [-0.3, -0.25) is 4.90 Å². The average Bonchev–Trinajstić information content (AvgIpc) is 2.54. The predicted octanol–water partition coefficient (Wildman–Crippen LogP) is 3.81. The second kappa shape index (κ2) is 8.76. The van der Waals surface area contributed by atoms with Crippen LogP contribution in [0, 0.1) is 12.3 Å². The van der Waals surface area contributed by atoms with Crippen LogP contribution in [0.3, 0.4) is 0 Å². The van der Waals surface area contributed by atoms with Crippen molar-refractivity contribution >= 4 is 0 Å². The Balaban J connectivity index is 1.74. The lowest BCUT2D eigenvalue weighted by atomic mass is 10.3. The maximum Gasteiger partial charge on any atom is 0.127 e. The van der Waals surface area contributed by atoms with Crippen LogP contribution in [0.4, 0.5) is 0 Å². The van der Waals surface area contributed by atoms with Gasteiger partial charge < -0.3 is 9.47 Å². The van der Waals surface area contributed by atoms with Crippen molar-refractivity contribution in [2.45, 2.75) is 6.42 Å². The van der Waals surface area contributed by atoms with Gasteiger partial charge in [0, 0.05) is 6.54 Å². The van der Waals surface area contributed by atoms with Gasteiger partial charge in [-0.05, 0) is 49.9 Å². The summed E-state index contributed by atoms with van der Waals surface area (Å²) in [6, 6.07) is 17.4. The number of ether oxygens (including phenoxy) is 2. The molecule has 0 bridgehead atoms. The third-order valence-corrected chi connectivity index (χ3v) is 3.12. The van der Waals surface area contributed by atoms with Gasteiger partial charge in [0.25, 0.3) is 0 Å². The minimum Gasteiger partial charge on any atom is -0.494 e. The Kier molecular flexibility index (Phi) is 6.35. The number of hydrogen-bond acceptors (Lipinski definition) is 3. The second-order valence-electron chi connectivity index (χ2n) is 5.03. The van der Waals surface area contributed by atoms with E-state index < -0.39 is 0 Å². The number of rotatable bonds is 8. The Hall–Kier alpha value is -2.44. The topological polar surface area (TPSA) is 21.7 Å². The summed E-state index contributed by atoms with van der Waals surface area (Å²) >= 11 is 0. The number of benzene rings is 2. The summed E-state index contributed by atoms with van der Waals surface area (Å²) in [6.45, 7) is 2.28. The molecule has 0 radical (unpaired) electrons. The fourth-order valence-electron chi connectivity index (χ4n) is 1.99. The Bertz CT molecular complexity index is 587. The van der Waals surface area contributed by atoms with E-state index in [9.17, 15) is 0 Å². The smallest absolute Gasteiger partial charge is 0.127 e. The zero-order chi connectivity index (χ0) is 15.6. The number of hydrogen-bond donors (Lipinski definition) is 0. The van der Waals surface area contributed by atoms with E-state index in [1.165, 1.54) is 0 Å². The molecule has 0 aromatic heterocycles. The van der Waals surface area contributed by atoms with Crippen molar-refractivity contribution in [2.24, 2.45) is 0 Å². The van der Waals surface area contributed by atoms with E-state index in [-0.39, 0.29) is 0 Å². The van der Waals surface area contributed by atoms with Crippen molar-refractivity contribution in [1.82, 2.24) is 4.90 Å². The van der Waals surface area contributed by atoms with Gasteiger partial charge in [-0.1, -0.05) is 24.1 Å². The van der Waals surface area contributed by atoms with E-state index >= 15 is 0 Å². The van der Waals surface area contributed by atoms with E-state index in [2.05, 4.69) is 10.8 Å².